The molecule has 0 aliphatic carbocycles. The second kappa shape index (κ2) is 3.86. The lowest BCUT2D eigenvalue weighted by Gasteiger charge is -2.49. The van der Waals surface area contributed by atoms with E-state index in [-0.39, 0.29) is 16.7 Å². The van der Waals surface area contributed by atoms with Crippen LogP contribution in [-0.2, 0) is 19.3 Å². The first kappa shape index (κ1) is 13.6. The van der Waals surface area contributed by atoms with Gasteiger partial charge in [0.15, 0.2) is 11.7 Å². The number of ether oxygens (including phenoxy) is 1. The Morgan fingerprint density at radius 3 is 2.70 bits per heavy atom. The number of rotatable bonds is 0. The summed E-state index contributed by atoms with van der Waals surface area (Å²) in [5, 5.41) is 2.62. The van der Waals surface area contributed by atoms with Crippen molar-refractivity contribution in [2.75, 3.05) is 6.61 Å². The van der Waals surface area contributed by atoms with E-state index in [1.165, 1.54) is 0 Å². The van der Waals surface area contributed by atoms with Crippen LogP contribution in [0.4, 0.5) is 0 Å². The van der Waals surface area contributed by atoms with E-state index in [1.807, 2.05) is 6.08 Å². The Kier molecular flexibility index (Phi) is 2.63. The van der Waals surface area contributed by atoms with E-state index in [9.17, 15) is 4.79 Å². The summed E-state index contributed by atoms with van der Waals surface area (Å²) in [6, 6.07) is 0. The maximum Gasteiger partial charge on any atom is 0.261 e. The van der Waals surface area contributed by atoms with Crippen LogP contribution >= 0.6 is 0 Å². The quantitative estimate of drug-likeness (QED) is 0.690. The molecule has 1 N–H and O–H groups in total. The van der Waals surface area contributed by atoms with Crippen LogP contribution < -0.4 is 5.32 Å². The van der Waals surface area contributed by atoms with Crippen molar-refractivity contribution in [3.63, 3.8) is 0 Å². The highest BCUT2D eigenvalue weighted by molar-refractivity contribution is 5.87. The van der Waals surface area contributed by atoms with Gasteiger partial charge in [-0.2, -0.15) is 0 Å². The zero-order valence-electron chi connectivity index (χ0n) is 12.6. The lowest BCUT2D eigenvalue weighted by molar-refractivity contribution is -0.407. The molecule has 1 fully saturated rings. The molecule has 20 heavy (non-hydrogen) atoms. The molecule has 3 heterocycles. The second-order valence-corrected chi connectivity index (χ2v) is 7.29. The normalized spacial score (nSPS) is 35.2. The summed E-state index contributed by atoms with van der Waals surface area (Å²) in [7, 11) is 0. The molecule has 3 aliphatic rings. The topological polar surface area (TPSA) is 56.8 Å². The molecular weight excluding hydrogens is 258 g/mol. The first-order chi connectivity index (χ1) is 9.21. The third kappa shape index (κ3) is 1.48. The van der Waals surface area contributed by atoms with Gasteiger partial charge in [0.2, 0.25) is 0 Å². The minimum atomic E-state index is -0.751. The van der Waals surface area contributed by atoms with Crippen molar-refractivity contribution in [2.24, 2.45) is 10.8 Å². The van der Waals surface area contributed by atoms with Gasteiger partial charge in [0.05, 0.1) is 6.61 Å². The van der Waals surface area contributed by atoms with Crippen LogP contribution in [0.1, 0.15) is 34.6 Å². The molecule has 0 saturated carbocycles. The SMILES string of the molecule is CC(C)(C)[C@]12OO[C@H]3C(=O)NC=CC3=C1OCC2(C)C. The fourth-order valence-corrected chi connectivity index (χ4v) is 3.61. The molecule has 3 rings (SSSR count). The predicted molar refractivity (Wildman–Crippen MR) is 72.2 cm³/mol. The summed E-state index contributed by atoms with van der Waals surface area (Å²) >= 11 is 0. The molecule has 2 atom stereocenters. The van der Waals surface area contributed by atoms with Crippen molar-refractivity contribution in [1.82, 2.24) is 5.32 Å². The van der Waals surface area contributed by atoms with Crippen LogP contribution in [0.15, 0.2) is 23.6 Å². The lowest BCUT2D eigenvalue weighted by Crippen LogP contribution is -2.59. The number of nitrogens with one attached hydrogen (secondary N) is 1. The Morgan fingerprint density at radius 1 is 1.35 bits per heavy atom. The second-order valence-electron chi connectivity index (χ2n) is 7.29. The standard InChI is InChI=1S/C15H21NO4/c1-13(2,3)15-11(18-8-14(15,4)5)9-6-7-16-12(17)10(9)19-20-15/h6-7,10H,8H2,1-5H3,(H,16,17)/t10-,15-/m1/s1. The molecule has 1 saturated heterocycles. The summed E-state index contributed by atoms with van der Waals surface area (Å²) in [4.78, 5) is 23.2. The van der Waals surface area contributed by atoms with Crippen LogP contribution in [0.25, 0.3) is 0 Å². The molecule has 3 aliphatic heterocycles. The molecule has 0 aromatic rings. The van der Waals surface area contributed by atoms with Crippen molar-refractivity contribution in [1.29, 1.82) is 0 Å². The van der Waals surface area contributed by atoms with Gasteiger partial charge in [-0.25, -0.2) is 9.78 Å². The highest BCUT2D eigenvalue weighted by Crippen LogP contribution is 2.59. The summed E-state index contributed by atoms with van der Waals surface area (Å²) in [5.41, 5.74) is -0.420. The summed E-state index contributed by atoms with van der Waals surface area (Å²) in [5.74, 6) is 0.503. The summed E-state index contributed by atoms with van der Waals surface area (Å²) < 4.78 is 5.96. The molecule has 110 valence electrons. The van der Waals surface area contributed by atoms with E-state index in [2.05, 4.69) is 39.9 Å². The Hall–Kier alpha value is -1.33. The Bertz CT molecular complexity index is 526. The fourth-order valence-electron chi connectivity index (χ4n) is 3.61. The predicted octanol–water partition coefficient (Wildman–Crippen LogP) is 2.06. The molecule has 0 bridgehead atoms. The van der Waals surface area contributed by atoms with Crippen molar-refractivity contribution >= 4 is 5.91 Å². The zero-order chi connectivity index (χ0) is 14.8. The Morgan fingerprint density at radius 2 is 2.05 bits per heavy atom. The van der Waals surface area contributed by atoms with Gasteiger partial charge in [0.25, 0.3) is 5.91 Å². The van der Waals surface area contributed by atoms with Gasteiger partial charge in [-0.1, -0.05) is 34.6 Å². The molecular formula is C15H21NO4. The van der Waals surface area contributed by atoms with Crippen LogP contribution in [-0.4, -0.2) is 24.2 Å². The van der Waals surface area contributed by atoms with Gasteiger partial charge >= 0.3 is 0 Å². The number of carbonyl (C=O) groups is 1. The van der Waals surface area contributed by atoms with Gasteiger partial charge in [-0.15, -0.1) is 0 Å². The van der Waals surface area contributed by atoms with Crippen LogP contribution in [0.5, 0.6) is 0 Å². The summed E-state index contributed by atoms with van der Waals surface area (Å²) in [6.07, 6.45) is 2.71. The van der Waals surface area contributed by atoms with Crippen molar-refractivity contribution in [3.8, 4) is 0 Å². The Balaban J connectivity index is 2.24. The number of amides is 1. The molecule has 5 heteroatoms. The molecule has 1 amide bonds. The van der Waals surface area contributed by atoms with Crippen LogP contribution in [0, 0.1) is 10.8 Å². The van der Waals surface area contributed by atoms with E-state index in [1.54, 1.807) is 6.20 Å². The van der Waals surface area contributed by atoms with Gasteiger partial charge in [0.1, 0.15) is 5.76 Å². The molecule has 0 unspecified atom stereocenters. The van der Waals surface area contributed by atoms with Gasteiger partial charge in [-0.3, -0.25) is 4.79 Å². The maximum absolute atomic E-state index is 11.9. The van der Waals surface area contributed by atoms with Crippen molar-refractivity contribution in [3.05, 3.63) is 23.6 Å². The molecule has 0 aromatic carbocycles. The maximum atomic E-state index is 11.9. The lowest BCUT2D eigenvalue weighted by atomic mass is 9.61. The average molecular weight is 279 g/mol. The van der Waals surface area contributed by atoms with Crippen molar-refractivity contribution in [2.45, 2.75) is 46.3 Å². The fraction of sp³-hybridized carbons (Fsp3) is 0.667. The average Bonchev–Trinajstić information content (AvgIpc) is 2.62. The first-order valence-corrected chi connectivity index (χ1v) is 6.90. The highest BCUT2D eigenvalue weighted by Gasteiger charge is 2.66. The highest BCUT2D eigenvalue weighted by atomic mass is 17.2. The van der Waals surface area contributed by atoms with E-state index >= 15 is 0 Å². The van der Waals surface area contributed by atoms with Crippen LogP contribution in [0.3, 0.4) is 0 Å². The van der Waals surface area contributed by atoms with Gasteiger partial charge in [0, 0.05) is 22.6 Å². The number of hydrogen-bond acceptors (Lipinski definition) is 4. The Labute approximate surface area is 118 Å². The number of carbonyl (C=O) groups excluding carboxylic acids is 1. The number of fused-ring (bicyclic) bond motifs is 2. The smallest absolute Gasteiger partial charge is 0.261 e. The van der Waals surface area contributed by atoms with Crippen LogP contribution in [0.2, 0.25) is 0 Å². The van der Waals surface area contributed by atoms with E-state index in [4.69, 9.17) is 14.5 Å². The number of hydrogen-bond donors (Lipinski definition) is 1. The molecule has 0 radical (unpaired) electrons. The molecule has 5 nitrogen and oxygen atoms in total. The van der Waals surface area contributed by atoms with E-state index in [0.717, 1.165) is 11.3 Å². The molecule has 0 aromatic heterocycles. The minimum absolute atomic E-state index is 0.231. The summed E-state index contributed by atoms with van der Waals surface area (Å²) in [6.45, 7) is 11.0. The van der Waals surface area contributed by atoms with E-state index < -0.39 is 11.7 Å². The minimum Gasteiger partial charge on any atom is -0.494 e. The zero-order valence-corrected chi connectivity index (χ0v) is 12.6. The third-order valence-corrected chi connectivity index (χ3v) is 4.45. The first-order valence-electron chi connectivity index (χ1n) is 6.90. The van der Waals surface area contributed by atoms with Gasteiger partial charge < -0.3 is 10.1 Å². The largest absolute Gasteiger partial charge is 0.494 e. The monoisotopic (exact) mass is 279 g/mol. The van der Waals surface area contributed by atoms with Gasteiger partial charge in [-0.05, 0) is 6.08 Å². The van der Waals surface area contributed by atoms with E-state index in [0.29, 0.717) is 6.61 Å². The van der Waals surface area contributed by atoms with Crippen molar-refractivity contribution < 1.29 is 19.3 Å². The third-order valence-electron chi connectivity index (χ3n) is 4.45. The molecule has 0 spiro atoms.